The Hall–Kier alpha value is -1.63. The van der Waals surface area contributed by atoms with E-state index in [0.29, 0.717) is 37.3 Å². The minimum atomic E-state index is -0.889. The van der Waals surface area contributed by atoms with Crippen molar-refractivity contribution in [1.29, 1.82) is 0 Å². The number of ether oxygens (including phenoxy) is 1. The Morgan fingerprint density at radius 1 is 1.20 bits per heavy atom. The first kappa shape index (κ1) is 21.4. The van der Waals surface area contributed by atoms with Gasteiger partial charge in [-0.3, -0.25) is 9.59 Å². The molecule has 0 atom stereocenters. The van der Waals surface area contributed by atoms with Gasteiger partial charge in [0.2, 0.25) is 5.91 Å². The van der Waals surface area contributed by atoms with E-state index in [1.54, 1.807) is 24.3 Å². The Kier molecular flexibility index (Phi) is 7.41. The van der Waals surface area contributed by atoms with Crippen molar-refractivity contribution in [3.05, 3.63) is 29.8 Å². The fraction of sp³-hybridized carbons (Fsp3) is 0.556. The molecule has 0 bridgehead atoms. The zero-order valence-corrected chi connectivity index (χ0v) is 15.9. The van der Waals surface area contributed by atoms with Crippen molar-refractivity contribution in [1.82, 2.24) is 5.32 Å². The summed E-state index contributed by atoms with van der Waals surface area (Å²) in [4.78, 5) is 24.6. The second-order valence-corrected chi connectivity index (χ2v) is 6.99. The zero-order valence-electron chi connectivity index (χ0n) is 15.1. The maximum Gasteiger partial charge on any atom is 0.251 e. The number of rotatable bonds is 5. The molecule has 1 aromatic rings. The van der Waals surface area contributed by atoms with Gasteiger partial charge in [-0.15, -0.1) is 12.4 Å². The molecule has 1 aliphatic rings. The van der Waals surface area contributed by atoms with E-state index in [1.807, 2.05) is 20.8 Å². The fourth-order valence-electron chi connectivity index (χ4n) is 2.39. The molecule has 1 heterocycles. The molecule has 25 heavy (non-hydrogen) atoms. The number of carbonyl (C=O) groups excluding carboxylic acids is 2. The van der Waals surface area contributed by atoms with Gasteiger partial charge < -0.3 is 21.1 Å². The Morgan fingerprint density at radius 3 is 2.28 bits per heavy atom. The van der Waals surface area contributed by atoms with Crippen LogP contribution in [0.2, 0.25) is 0 Å². The molecule has 2 rings (SSSR count). The molecule has 1 aliphatic heterocycles. The third kappa shape index (κ3) is 5.70. The number of nitrogens with one attached hydrogen (secondary N) is 2. The Balaban J connectivity index is 0.00000312. The first-order valence-corrected chi connectivity index (χ1v) is 8.36. The molecule has 0 spiro atoms. The second-order valence-electron chi connectivity index (χ2n) is 6.99. The van der Waals surface area contributed by atoms with E-state index in [4.69, 9.17) is 10.5 Å². The van der Waals surface area contributed by atoms with E-state index in [-0.39, 0.29) is 29.8 Å². The predicted molar refractivity (Wildman–Crippen MR) is 101 cm³/mol. The maximum absolute atomic E-state index is 12.4. The van der Waals surface area contributed by atoms with Crippen LogP contribution < -0.4 is 16.4 Å². The quantitative estimate of drug-likeness (QED) is 0.743. The molecule has 0 unspecified atom stereocenters. The van der Waals surface area contributed by atoms with Crippen molar-refractivity contribution in [2.45, 2.75) is 51.1 Å². The van der Waals surface area contributed by atoms with Gasteiger partial charge in [-0.1, -0.05) is 6.92 Å². The molecule has 6 nitrogen and oxygen atoms in total. The van der Waals surface area contributed by atoms with Crippen LogP contribution in [0.25, 0.3) is 0 Å². The maximum atomic E-state index is 12.4. The van der Waals surface area contributed by atoms with Crippen LogP contribution in [0.3, 0.4) is 0 Å². The van der Waals surface area contributed by atoms with Crippen LogP contribution in [0, 0.1) is 0 Å². The van der Waals surface area contributed by atoms with Crippen molar-refractivity contribution in [2.24, 2.45) is 5.73 Å². The van der Waals surface area contributed by atoms with Gasteiger partial charge in [0.05, 0.1) is 0 Å². The van der Waals surface area contributed by atoms with Gasteiger partial charge in [0, 0.05) is 30.0 Å². The number of carbonyl (C=O) groups is 2. The van der Waals surface area contributed by atoms with Crippen LogP contribution in [-0.4, -0.2) is 36.1 Å². The Bertz CT molecular complexity index is 596. The third-order valence-corrected chi connectivity index (χ3v) is 4.58. The summed E-state index contributed by atoms with van der Waals surface area (Å²) in [6, 6.07) is 6.83. The van der Waals surface area contributed by atoms with Crippen molar-refractivity contribution < 1.29 is 14.3 Å². The summed E-state index contributed by atoms with van der Waals surface area (Å²) in [5.41, 5.74) is 6.20. The number of halogens is 1. The van der Waals surface area contributed by atoms with E-state index >= 15 is 0 Å². The van der Waals surface area contributed by atoms with Gasteiger partial charge >= 0.3 is 0 Å². The van der Waals surface area contributed by atoms with Gasteiger partial charge in [-0.2, -0.15) is 0 Å². The van der Waals surface area contributed by atoms with Crippen molar-refractivity contribution in [3.8, 4) is 0 Å². The molecule has 0 aromatic heterocycles. The SMILES string of the molecule is CCC(C)(C)NC(=O)c1ccc(NC(=O)C2(N)CCOCC2)cc1.Cl. The summed E-state index contributed by atoms with van der Waals surface area (Å²) in [6.45, 7) is 6.98. The lowest BCUT2D eigenvalue weighted by molar-refractivity contribution is -0.124. The van der Waals surface area contributed by atoms with Gasteiger partial charge in [0.15, 0.2) is 0 Å². The van der Waals surface area contributed by atoms with Crippen molar-refractivity contribution >= 4 is 29.9 Å². The highest BCUT2D eigenvalue weighted by Crippen LogP contribution is 2.20. The molecule has 0 radical (unpaired) electrons. The second kappa shape index (κ2) is 8.65. The molecular formula is C18H28ClN3O3. The molecule has 2 amide bonds. The third-order valence-electron chi connectivity index (χ3n) is 4.58. The number of hydrogen-bond acceptors (Lipinski definition) is 4. The van der Waals surface area contributed by atoms with Crippen LogP contribution in [0.15, 0.2) is 24.3 Å². The zero-order chi connectivity index (χ0) is 17.8. The number of hydrogen-bond donors (Lipinski definition) is 3. The molecule has 1 aromatic carbocycles. The van der Waals surface area contributed by atoms with E-state index in [1.165, 1.54) is 0 Å². The molecular weight excluding hydrogens is 342 g/mol. The Morgan fingerprint density at radius 2 is 1.76 bits per heavy atom. The van der Waals surface area contributed by atoms with E-state index in [0.717, 1.165) is 6.42 Å². The monoisotopic (exact) mass is 369 g/mol. The highest BCUT2D eigenvalue weighted by molar-refractivity contribution is 5.99. The van der Waals surface area contributed by atoms with Gasteiger partial charge in [0.1, 0.15) is 5.54 Å². The van der Waals surface area contributed by atoms with Crippen molar-refractivity contribution in [2.75, 3.05) is 18.5 Å². The van der Waals surface area contributed by atoms with E-state index in [2.05, 4.69) is 10.6 Å². The van der Waals surface area contributed by atoms with Crippen LogP contribution in [-0.2, 0) is 9.53 Å². The van der Waals surface area contributed by atoms with Crippen molar-refractivity contribution in [3.63, 3.8) is 0 Å². The fourth-order valence-corrected chi connectivity index (χ4v) is 2.39. The van der Waals surface area contributed by atoms with Crippen LogP contribution in [0.1, 0.15) is 50.4 Å². The normalized spacial score (nSPS) is 16.5. The minimum Gasteiger partial charge on any atom is -0.381 e. The molecule has 1 saturated heterocycles. The lowest BCUT2D eigenvalue weighted by Crippen LogP contribution is -2.54. The largest absolute Gasteiger partial charge is 0.381 e. The molecule has 0 aliphatic carbocycles. The number of nitrogens with two attached hydrogens (primary N) is 1. The summed E-state index contributed by atoms with van der Waals surface area (Å²) in [5, 5.41) is 5.81. The average Bonchev–Trinajstić information content (AvgIpc) is 2.55. The summed E-state index contributed by atoms with van der Waals surface area (Å²) in [7, 11) is 0. The summed E-state index contributed by atoms with van der Waals surface area (Å²) in [5.74, 6) is -0.338. The molecule has 7 heteroatoms. The van der Waals surface area contributed by atoms with E-state index in [9.17, 15) is 9.59 Å². The van der Waals surface area contributed by atoms with E-state index < -0.39 is 5.54 Å². The first-order chi connectivity index (χ1) is 11.3. The number of anilines is 1. The predicted octanol–water partition coefficient (Wildman–Crippen LogP) is 2.47. The topological polar surface area (TPSA) is 93.5 Å². The minimum absolute atomic E-state index is 0. The van der Waals surface area contributed by atoms with Gasteiger partial charge in [0.25, 0.3) is 5.91 Å². The summed E-state index contributed by atoms with van der Waals surface area (Å²) >= 11 is 0. The molecule has 1 fully saturated rings. The number of benzene rings is 1. The number of amides is 2. The first-order valence-electron chi connectivity index (χ1n) is 8.36. The lowest BCUT2D eigenvalue weighted by atomic mass is 9.90. The highest BCUT2D eigenvalue weighted by atomic mass is 35.5. The highest BCUT2D eigenvalue weighted by Gasteiger charge is 2.35. The van der Waals surface area contributed by atoms with Gasteiger partial charge in [-0.25, -0.2) is 0 Å². The van der Waals surface area contributed by atoms with Gasteiger partial charge in [-0.05, 0) is 57.4 Å². The molecule has 0 saturated carbocycles. The molecule has 140 valence electrons. The molecule has 4 N–H and O–H groups in total. The standard InChI is InChI=1S/C18H27N3O3.ClH/c1-4-17(2,3)21-15(22)13-5-7-14(8-6-13)20-16(23)18(19)9-11-24-12-10-18;/h5-8H,4,9-12,19H2,1-3H3,(H,20,23)(H,21,22);1H. The van der Waals surface area contributed by atoms with Crippen LogP contribution >= 0.6 is 12.4 Å². The summed E-state index contributed by atoms with van der Waals surface area (Å²) < 4.78 is 5.25. The smallest absolute Gasteiger partial charge is 0.251 e. The van der Waals surface area contributed by atoms with Crippen LogP contribution in [0.4, 0.5) is 5.69 Å². The lowest BCUT2D eigenvalue weighted by Gasteiger charge is -2.31. The van der Waals surface area contributed by atoms with Crippen LogP contribution in [0.5, 0.6) is 0 Å². The Labute approximate surface area is 155 Å². The summed E-state index contributed by atoms with van der Waals surface area (Å²) in [6.07, 6.45) is 1.85. The average molecular weight is 370 g/mol.